The number of rotatable bonds is 3. The van der Waals surface area contributed by atoms with Crippen molar-refractivity contribution < 1.29 is 19.7 Å². The number of aromatic carboxylic acids is 1. The average molecular weight is 338 g/mol. The van der Waals surface area contributed by atoms with Crippen molar-refractivity contribution >= 4 is 5.97 Å². The lowest BCUT2D eigenvalue weighted by Gasteiger charge is -2.22. The van der Waals surface area contributed by atoms with Crippen LogP contribution in [0.4, 0.5) is 0 Å². The summed E-state index contributed by atoms with van der Waals surface area (Å²) in [5, 5.41) is 18.6. The van der Waals surface area contributed by atoms with E-state index in [1.165, 1.54) is 12.1 Å². The Morgan fingerprint density at radius 3 is 2.44 bits per heavy atom. The Balaban J connectivity index is 2.22. The van der Waals surface area contributed by atoms with Gasteiger partial charge in [-0.1, -0.05) is 44.7 Å². The summed E-state index contributed by atoms with van der Waals surface area (Å²) < 4.78 is 5.43. The Hall–Kier alpha value is -2.93. The van der Waals surface area contributed by atoms with E-state index >= 15 is 0 Å². The molecule has 130 valence electrons. The number of carbonyl (C=O) groups is 1. The largest absolute Gasteiger partial charge is 0.507 e. The van der Waals surface area contributed by atoms with Crippen LogP contribution in [0.1, 0.15) is 47.8 Å². The van der Waals surface area contributed by atoms with E-state index in [9.17, 15) is 9.90 Å². The van der Waals surface area contributed by atoms with Crippen molar-refractivity contribution in [1.29, 1.82) is 0 Å². The van der Waals surface area contributed by atoms with Gasteiger partial charge in [-0.3, -0.25) is 0 Å². The fourth-order valence-electron chi connectivity index (χ4n) is 2.49. The first-order valence-corrected chi connectivity index (χ1v) is 7.95. The Morgan fingerprint density at radius 2 is 1.88 bits per heavy atom. The number of carboxylic acids is 1. The van der Waals surface area contributed by atoms with Gasteiger partial charge >= 0.3 is 5.97 Å². The smallest absolute Gasteiger partial charge is 0.339 e. The van der Waals surface area contributed by atoms with E-state index in [0.29, 0.717) is 12.0 Å². The second-order valence-corrected chi connectivity index (χ2v) is 6.80. The number of aromatic hydroxyl groups is 1. The Morgan fingerprint density at radius 1 is 1.16 bits per heavy atom. The van der Waals surface area contributed by atoms with Gasteiger partial charge in [0.15, 0.2) is 0 Å². The highest BCUT2D eigenvalue weighted by Crippen LogP contribution is 2.32. The summed E-state index contributed by atoms with van der Waals surface area (Å²) in [6.45, 7) is 6.40. The summed E-state index contributed by atoms with van der Waals surface area (Å²) >= 11 is 0. The van der Waals surface area contributed by atoms with Crippen LogP contribution in [0.5, 0.6) is 11.5 Å². The molecule has 0 heterocycles. The molecule has 0 aromatic heterocycles. The Labute approximate surface area is 148 Å². The Kier molecular flexibility index (Phi) is 5.38. The van der Waals surface area contributed by atoms with Crippen LogP contribution in [0.25, 0.3) is 0 Å². The summed E-state index contributed by atoms with van der Waals surface area (Å²) in [7, 11) is 1.66. The first-order chi connectivity index (χ1) is 11.7. The molecule has 0 saturated carbocycles. The molecule has 0 aliphatic carbocycles. The predicted molar refractivity (Wildman–Crippen MR) is 97.3 cm³/mol. The molecule has 0 bridgehead atoms. The number of ether oxygens (including phenoxy) is 1. The normalized spacial score (nSPS) is 10.7. The molecule has 4 heteroatoms. The second kappa shape index (κ2) is 7.31. The van der Waals surface area contributed by atoms with Gasteiger partial charge in [0.25, 0.3) is 0 Å². The van der Waals surface area contributed by atoms with Gasteiger partial charge in [0.1, 0.15) is 17.1 Å². The molecule has 0 radical (unpaired) electrons. The summed E-state index contributed by atoms with van der Waals surface area (Å²) in [6, 6.07) is 10.3. The number of carboxylic acid groups (broad SMARTS) is 1. The average Bonchev–Trinajstić information content (AvgIpc) is 2.53. The molecule has 0 saturated heterocycles. The molecule has 0 spiro atoms. The lowest BCUT2D eigenvalue weighted by Crippen LogP contribution is -2.13. The minimum atomic E-state index is -1.16. The molecule has 2 aromatic carbocycles. The number of benzene rings is 2. The predicted octanol–water partition coefficient (Wildman–Crippen LogP) is 3.99. The molecule has 2 N–H and O–H groups in total. The fourth-order valence-corrected chi connectivity index (χ4v) is 2.49. The van der Waals surface area contributed by atoms with Crippen LogP contribution < -0.4 is 4.74 Å². The van der Waals surface area contributed by atoms with Gasteiger partial charge < -0.3 is 14.9 Å². The third-order valence-corrected chi connectivity index (χ3v) is 3.83. The van der Waals surface area contributed by atoms with E-state index in [4.69, 9.17) is 9.84 Å². The number of methoxy groups -OCH3 is 1. The molecule has 2 aromatic rings. The number of hydrogen-bond donors (Lipinski definition) is 2. The molecule has 0 atom stereocenters. The van der Waals surface area contributed by atoms with E-state index in [1.807, 2.05) is 12.1 Å². The lowest BCUT2D eigenvalue weighted by molar-refractivity contribution is 0.0693. The zero-order valence-corrected chi connectivity index (χ0v) is 14.9. The van der Waals surface area contributed by atoms with Crippen molar-refractivity contribution in [2.75, 3.05) is 7.11 Å². The maximum atomic E-state index is 10.9. The van der Waals surface area contributed by atoms with E-state index in [2.05, 4.69) is 38.7 Å². The van der Waals surface area contributed by atoms with E-state index in [-0.39, 0.29) is 16.7 Å². The molecule has 4 nitrogen and oxygen atoms in total. The van der Waals surface area contributed by atoms with Crippen LogP contribution in [0.3, 0.4) is 0 Å². The molecule has 0 amide bonds. The van der Waals surface area contributed by atoms with Crippen LogP contribution in [0.15, 0.2) is 36.4 Å². The highest BCUT2D eigenvalue weighted by molar-refractivity contribution is 5.90. The van der Waals surface area contributed by atoms with Crippen LogP contribution in [0.2, 0.25) is 0 Å². The lowest BCUT2D eigenvalue weighted by atomic mass is 9.85. The summed E-state index contributed by atoms with van der Waals surface area (Å²) in [5.74, 6) is 5.43. The zero-order chi connectivity index (χ0) is 18.6. The fraction of sp³-hybridized carbons (Fsp3) is 0.286. The van der Waals surface area contributed by atoms with Gasteiger partial charge in [-0.15, -0.1) is 0 Å². The SMILES string of the molecule is COc1ccc(CC#Cc2ccc(C(=O)O)c(O)c2)cc1C(C)(C)C. The monoisotopic (exact) mass is 338 g/mol. The van der Waals surface area contributed by atoms with Crippen LogP contribution >= 0.6 is 0 Å². The quantitative estimate of drug-likeness (QED) is 0.831. The highest BCUT2D eigenvalue weighted by Gasteiger charge is 2.19. The highest BCUT2D eigenvalue weighted by atomic mass is 16.5. The number of hydrogen-bond acceptors (Lipinski definition) is 3. The molecule has 0 aliphatic rings. The molecule has 2 rings (SSSR count). The minimum Gasteiger partial charge on any atom is -0.507 e. The topological polar surface area (TPSA) is 66.8 Å². The summed E-state index contributed by atoms with van der Waals surface area (Å²) in [4.78, 5) is 10.9. The maximum Gasteiger partial charge on any atom is 0.339 e. The molecular formula is C21H22O4. The van der Waals surface area contributed by atoms with Gasteiger partial charge in [0.05, 0.1) is 7.11 Å². The van der Waals surface area contributed by atoms with Gasteiger partial charge in [0.2, 0.25) is 0 Å². The molecule has 0 unspecified atom stereocenters. The van der Waals surface area contributed by atoms with E-state index in [0.717, 1.165) is 16.9 Å². The van der Waals surface area contributed by atoms with Crippen LogP contribution in [-0.4, -0.2) is 23.3 Å². The number of phenols is 1. The van der Waals surface area contributed by atoms with E-state index < -0.39 is 5.97 Å². The Bertz CT molecular complexity index is 848. The van der Waals surface area contributed by atoms with Crippen LogP contribution in [0, 0.1) is 11.8 Å². The van der Waals surface area contributed by atoms with Crippen molar-refractivity contribution in [1.82, 2.24) is 0 Å². The first kappa shape index (κ1) is 18.4. The van der Waals surface area contributed by atoms with E-state index in [1.54, 1.807) is 13.2 Å². The van der Waals surface area contributed by atoms with Gasteiger partial charge in [-0.05, 0) is 40.8 Å². The summed E-state index contributed by atoms with van der Waals surface area (Å²) in [6.07, 6.45) is 0.550. The molecular weight excluding hydrogens is 316 g/mol. The van der Waals surface area contributed by atoms with Gasteiger partial charge in [-0.25, -0.2) is 4.79 Å². The maximum absolute atomic E-state index is 10.9. The molecule has 0 aliphatic heterocycles. The minimum absolute atomic E-state index is 0.0345. The summed E-state index contributed by atoms with van der Waals surface area (Å²) in [5.41, 5.74) is 2.61. The van der Waals surface area contributed by atoms with Gasteiger partial charge in [0, 0.05) is 12.0 Å². The molecule has 0 fully saturated rings. The van der Waals surface area contributed by atoms with Crippen molar-refractivity contribution in [3.63, 3.8) is 0 Å². The van der Waals surface area contributed by atoms with Crippen LogP contribution in [-0.2, 0) is 11.8 Å². The van der Waals surface area contributed by atoms with Crippen molar-refractivity contribution in [2.45, 2.75) is 32.6 Å². The third kappa shape index (κ3) is 4.54. The second-order valence-electron chi connectivity index (χ2n) is 6.80. The van der Waals surface area contributed by atoms with Crippen molar-refractivity contribution in [3.05, 3.63) is 58.7 Å². The van der Waals surface area contributed by atoms with Crippen molar-refractivity contribution in [2.24, 2.45) is 0 Å². The standard InChI is InChI=1S/C21H22O4/c1-21(2,3)17-12-14(9-11-19(17)25-4)6-5-7-15-8-10-16(20(23)24)18(22)13-15/h8-13,22H,6H2,1-4H3,(H,23,24). The molecule has 25 heavy (non-hydrogen) atoms. The first-order valence-electron chi connectivity index (χ1n) is 7.95. The van der Waals surface area contributed by atoms with Crippen molar-refractivity contribution in [3.8, 4) is 23.3 Å². The zero-order valence-electron chi connectivity index (χ0n) is 14.9. The van der Waals surface area contributed by atoms with Gasteiger partial charge in [-0.2, -0.15) is 0 Å². The third-order valence-electron chi connectivity index (χ3n) is 3.83.